The number of hydrogen-bond donors (Lipinski definition) is 2. The van der Waals surface area contributed by atoms with Gasteiger partial charge in [0.1, 0.15) is 0 Å². The Kier molecular flexibility index (Phi) is 5.23. The Hall–Kier alpha value is -0.160. The van der Waals surface area contributed by atoms with E-state index in [0.29, 0.717) is 6.04 Å². The highest BCUT2D eigenvalue weighted by Crippen LogP contribution is 2.25. The fourth-order valence-corrected chi connectivity index (χ4v) is 3.05. The first-order chi connectivity index (χ1) is 9.02. The summed E-state index contributed by atoms with van der Waals surface area (Å²) in [7, 11) is 4.35. The molecule has 0 aromatic carbocycles. The first-order valence-corrected chi connectivity index (χ1v) is 7.80. The van der Waals surface area contributed by atoms with Crippen molar-refractivity contribution in [2.45, 2.75) is 56.7 Å². The quantitative estimate of drug-likeness (QED) is 0.687. The van der Waals surface area contributed by atoms with Crippen LogP contribution in [-0.4, -0.2) is 72.9 Å². The van der Waals surface area contributed by atoms with E-state index in [9.17, 15) is 5.11 Å². The molecule has 0 aromatic rings. The monoisotopic (exact) mass is 269 g/mol. The van der Waals surface area contributed by atoms with Gasteiger partial charge in [-0.15, -0.1) is 0 Å². The summed E-state index contributed by atoms with van der Waals surface area (Å²) in [5, 5.41) is 13.2. The maximum absolute atomic E-state index is 9.59. The number of nitrogens with one attached hydrogen (secondary N) is 1. The third-order valence-electron chi connectivity index (χ3n) is 4.66. The molecule has 0 spiro atoms. The van der Waals surface area contributed by atoms with E-state index in [1.165, 1.54) is 45.3 Å². The maximum Gasteiger partial charge on any atom is 0.0610 e. The third kappa shape index (κ3) is 4.71. The van der Waals surface area contributed by atoms with Crippen LogP contribution in [0.2, 0.25) is 0 Å². The third-order valence-corrected chi connectivity index (χ3v) is 4.66. The second kappa shape index (κ2) is 6.53. The van der Waals surface area contributed by atoms with Gasteiger partial charge in [0.2, 0.25) is 0 Å². The smallest absolute Gasteiger partial charge is 0.0610 e. The molecule has 112 valence electrons. The van der Waals surface area contributed by atoms with Gasteiger partial charge in [0, 0.05) is 24.2 Å². The van der Waals surface area contributed by atoms with Crippen molar-refractivity contribution in [2.24, 2.45) is 0 Å². The van der Waals surface area contributed by atoms with Gasteiger partial charge in [-0.3, -0.25) is 0 Å². The molecule has 4 heteroatoms. The van der Waals surface area contributed by atoms with Gasteiger partial charge in [-0.1, -0.05) is 0 Å². The number of aliphatic hydroxyl groups excluding tert-OH is 1. The number of aliphatic hydroxyl groups is 1. The van der Waals surface area contributed by atoms with Crippen LogP contribution in [0.15, 0.2) is 0 Å². The van der Waals surface area contributed by atoms with Crippen molar-refractivity contribution in [3.63, 3.8) is 0 Å². The topological polar surface area (TPSA) is 38.7 Å². The predicted octanol–water partition coefficient (Wildman–Crippen LogP) is 0.906. The Labute approximate surface area is 118 Å². The maximum atomic E-state index is 9.59. The van der Waals surface area contributed by atoms with E-state index in [0.717, 1.165) is 12.5 Å². The highest BCUT2D eigenvalue weighted by Gasteiger charge is 2.32. The summed E-state index contributed by atoms with van der Waals surface area (Å²) in [5.74, 6) is 0. The first-order valence-electron chi connectivity index (χ1n) is 7.80. The zero-order valence-electron chi connectivity index (χ0n) is 12.9. The molecular weight excluding hydrogens is 238 g/mol. The van der Waals surface area contributed by atoms with Gasteiger partial charge in [0.05, 0.1) is 6.61 Å². The molecule has 2 fully saturated rings. The van der Waals surface area contributed by atoms with Gasteiger partial charge in [0.25, 0.3) is 0 Å². The lowest BCUT2D eigenvalue weighted by molar-refractivity contribution is 0.156. The average Bonchev–Trinajstić information content (AvgIpc) is 3.04. The summed E-state index contributed by atoms with van der Waals surface area (Å²) < 4.78 is 0. The molecule has 1 saturated carbocycles. The van der Waals surface area contributed by atoms with Crippen molar-refractivity contribution < 1.29 is 5.11 Å². The molecule has 1 aliphatic heterocycles. The number of hydrogen-bond acceptors (Lipinski definition) is 4. The van der Waals surface area contributed by atoms with E-state index in [2.05, 4.69) is 36.1 Å². The summed E-state index contributed by atoms with van der Waals surface area (Å²) in [4.78, 5) is 4.91. The molecule has 4 nitrogen and oxygen atoms in total. The van der Waals surface area contributed by atoms with E-state index in [4.69, 9.17) is 0 Å². The van der Waals surface area contributed by atoms with Crippen molar-refractivity contribution >= 4 is 0 Å². The molecule has 2 rings (SSSR count). The van der Waals surface area contributed by atoms with Gasteiger partial charge >= 0.3 is 0 Å². The molecular formula is C15H31N3O. The van der Waals surface area contributed by atoms with Crippen LogP contribution < -0.4 is 5.32 Å². The lowest BCUT2D eigenvalue weighted by Crippen LogP contribution is -2.47. The van der Waals surface area contributed by atoms with Gasteiger partial charge in [0.15, 0.2) is 0 Å². The second-order valence-corrected chi connectivity index (χ2v) is 6.95. The largest absolute Gasteiger partial charge is 0.394 e. The van der Waals surface area contributed by atoms with Crippen molar-refractivity contribution in [1.29, 1.82) is 0 Å². The minimum atomic E-state index is -0.0676. The SMILES string of the molecule is CN(C)C1CCN(CCCC(C)(CO)NC2CC2)C1. The van der Waals surface area contributed by atoms with Gasteiger partial charge in [-0.05, 0) is 66.2 Å². The zero-order chi connectivity index (χ0) is 13.9. The molecule has 2 unspecified atom stereocenters. The van der Waals surface area contributed by atoms with Crippen molar-refractivity contribution in [2.75, 3.05) is 40.3 Å². The van der Waals surface area contributed by atoms with Crippen LogP contribution in [0, 0.1) is 0 Å². The Morgan fingerprint density at radius 1 is 1.32 bits per heavy atom. The van der Waals surface area contributed by atoms with Gasteiger partial charge < -0.3 is 20.2 Å². The Balaban J connectivity index is 1.65. The van der Waals surface area contributed by atoms with E-state index in [1.807, 2.05) is 0 Å². The zero-order valence-corrected chi connectivity index (χ0v) is 12.9. The van der Waals surface area contributed by atoms with Crippen molar-refractivity contribution in [3.8, 4) is 0 Å². The van der Waals surface area contributed by atoms with Crippen molar-refractivity contribution in [3.05, 3.63) is 0 Å². The number of nitrogens with zero attached hydrogens (tertiary/aromatic N) is 2. The normalized spacial score (nSPS) is 27.9. The van der Waals surface area contributed by atoms with Crippen LogP contribution >= 0.6 is 0 Å². The minimum absolute atomic E-state index is 0.0676. The Morgan fingerprint density at radius 3 is 2.58 bits per heavy atom. The van der Waals surface area contributed by atoms with Crippen LogP contribution in [0.3, 0.4) is 0 Å². The summed E-state index contributed by atoms with van der Waals surface area (Å²) in [6.07, 6.45) is 6.11. The van der Waals surface area contributed by atoms with E-state index >= 15 is 0 Å². The molecule has 0 amide bonds. The van der Waals surface area contributed by atoms with Crippen molar-refractivity contribution in [1.82, 2.24) is 15.1 Å². The molecule has 0 bridgehead atoms. The van der Waals surface area contributed by atoms with Crippen LogP contribution in [0.4, 0.5) is 0 Å². The average molecular weight is 269 g/mol. The summed E-state index contributed by atoms with van der Waals surface area (Å²) in [6.45, 7) is 6.03. The van der Waals surface area contributed by atoms with Gasteiger partial charge in [-0.25, -0.2) is 0 Å². The van der Waals surface area contributed by atoms with Crippen LogP contribution in [0.5, 0.6) is 0 Å². The Bertz CT molecular complexity index is 281. The van der Waals surface area contributed by atoms with E-state index < -0.39 is 0 Å². The molecule has 0 radical (unpaired) electrons. The second-order valence-electron chi connectivity index (χ2n) is 6.95. The minimum Gasteiger partial charge on any atom is -0.394 e. The Morgan fingerprint density at radius 2 is 2.05 bits per heavy atom. The lowest BCUT2D eigenvalue weighted by atomic mass is 9.96. The number of likely N-dealkylation sites (N-methyl/N-ethyl adjacent to an activating group) is 1. The van der Waals surface area contributed by atoms with E-state index in [-0.39, 0.29) is 12.1 Å². The first kappa shape index (κ1) is 15.2. The summed E-state index contributed by atoms with van der Waals surface area (Å²) in [6, 6.07) is 1.40. The standard InChI is InChI=1S/C15H31N3O/c1-15(12-19,16-13-5-6-13)8-4-9-18-10-7-14(11-18)17(2)3/h13-14,16,19H,4-12H2,1-3H3. The molecule has 0 aromatic heterocycles. The fourth-order valence-electron chi connectivity index (χ4n) is 3.05. The molecule has 2 aliphatic rings. The molecule has 1 saturated heterocycles. The number of likely N-dealkylation sites (tertiary alicyclic amines) is 1. The molecule has 1 aliphatic carbocycles. The van der Waals surface area contributed by atoms with E-state index in [1.54, 1.807) is 0 Å². The van der Waals surface area contributed by atoms with Crippen LogP contribution in [-0.2, 0) is 0 Å². The molecule has 2 atom stereocenters. The lowest BCUT2D eigenvalue weighted by Gasteiger charge is -2.30. The molecule has 19 heavy (non-hydrogen) atoms. The summed E-state index contributed by atoms with van der Waals surface area (Å²) >= 11 is 0. The molecule has 2 N–H and O–H groups in total. The fraction of sp³-hybridized carbons (Fsp3) is 1.00. The summed E-state index contributed by atoms with van der Waals surface area (Å²) in [5.41, 5.74) is -0.0676. The predicted molar refractivity (Wildman–Crippen MR) is 79.4 cm³/mol. The highest BCUT2D eigenvalue weighted by atomic mass is 16.3. The highest BCUT2D eigenvalue weighted by molar-refractivity contribution is 4.92. The number of rotatable bonds is 8. The van der Waals surface area contributed by atoms with Crippen LogP contribution in [0.1, 0.15) is 39.0 Å². The van der Waals surface area contributed by atoms with Crippen LogP contribution in [0.25, 0.3) is 0 Å². The van der Waals surface area contributed by atoms with Gasteiger partial charge in [-0.2, -0.15) is 0 Å². The molecule has 1 heterocycles.